The predicted molar refractivity (Wildman–Crippen MR) is 121 cm³/mol. The average molecular weight is 504 g/mol. The summed E-state index contributed by atoms with van der Waals surface area (Å²) in [5.74, 6) is 1.60. The number of unbranched alkanes of at least 4 members (excludes halogenated alkanes) is 2. The molecule has 0 aliphatic carbocycles. The molecule has 176 valence electrons. The highest BCUT2D eigenvalue weighted by atomic mass is 35.5. The Morgan fingerprint density at radius 3 is 2.32 bits per heavy atom. The van der Waals surface area contributed by atoms with Crippen molar-refractivity contribution >= 4 is 34.8 Å². The van der Waals surface area contributed by atoms with Gasteiger partial charge in [0, 0.05) is 6.61 Å². The van der Waals surface area contributed by atoms with Crippen molar-refractivity contribution in [1.82, 2.24) is 0 Å². The molecule has 0 unspecified atom stereocenters. The van der Waals surface area contributed by atoms with Crippen LogP contribution in [0.1, 0.15) is 43.7 Å². The summed E-state index contributed by atoms with van der Waals surface area (Å²) in [6, 6.07) is 3.86. The molecule has 0 saturated carbocycles. The van der Waals surface area contributed by atoms with Crippen LogP contribution in [0.5, 0.6) is 11.5 Å². The fourth-order valence-corrected chi connectivity index (χ4v) is 2.94. The summed E-state index contributed by atoms with van der Waals surface area (Å²) in [5, 5.41) is -1.11. The molecular formula is C22H28Cl3F3O3. The minimum absolute atomic E-state index is 0.134. The minimum atomic E-state index is -4.49. The molecule has 31 heavy (non-hydrogen) atoms. The highest BCUT2D eigenvalue weighted by Crippen LogP contribution is 2.30. The van der Waals surface area contributed by atoms with Gasteiger partial charge in [-0.05, 0) is 68.4 Å². The van der Waals surface area contributed by atoms with Crippen molar-refractivity contribution in [3.63, 3.8) is 0 Å². The molecule has 0 saturated heterocycles. The van der Waals surface area contributed by atoms with E-state index in [-0.39, 0.29) is 17.5 Å². The molecule has 0 heterocycles. The van der Waals surface area contributed by atoms with Gasteiger partial charge in [0.1, 0.15) is 27.6 Å². The highest BCUT2D eigenvalue weighted by Gasteiger charge is 2.31. The number of halogens is 6. The van der Waals surface area contributed by atoms with E-state index in [1.54, 1.807) is 6.08 Å². The fraction of sp³-hybridized carbons (Fsp3) is 0.545. The van der Waals surface area contributed by atoms with Crippen molar-refractivity contribution < 1.29 is 27.4 Å². The maximum absolute atomic E-state index is 12.2. The normalized spacial score (nSPS) is 12.1. The van der Waals surface area contributed by atoms with Gasteiger partial charge in [-0.25, -0.2) is 0 Å². The molecule has 0 spiro atoms. The summed E-state index contributed by atoms with van der Waals surface area (Å²) in [5.41, 5.74) is 2.05. The molecular weight excluding hydrogens is 476 g/mol. The average Bonchev–Trinajstić information content (AvgIpc) is 2.69. The Morgan fingerprint density at radius 2 is 1.68 bits per heavy atom. The molecule has 0 aliphatic rings. The third-order valence-electron chi connectivity index (χ3n) is 4.23. The van der Waals surface area contributed by atoms with Crippen LogP contribution in [0, 0.1) is 6.92 Å². The zero-order chi connectivity index (χ0) is 23.3. The lowest BCUT2D eigenvalue weighted by Crippen LogP contribution is -2.07. The molecule has 0 bridgehead atoms. The molecule has 1 aromatic carbocycles. The number of rotatable bonds is 14. The number of allylic oxidation sites excluding steroid dienone is 1. The third-order valence-corrected chi connectivity index (χ3v) is 4.91. The molecule has 3 nitrogen and oxygen atoms in total. The van der Waals surface area contributed by atoms with Crippen molar-refractivity contribution in [3.05, 3.63) is 44.9 Å². The molecule has 9 heteroatoms. The van der Waals surface area contributed by atoms with Gasteiger partial charge in [-0.1, -0.05) is 47.8 Å². The molecule has 0 amide bonds. The van der Waals surface area contributed by atoms with E-state index in [0.29, 0.717) is 19.8 Å². The minimum Gasteiger partial charge on any atom is -0.493 e. The molecule has 0 aromatic heterocycles. The topological polar surface area (TPSA) is 27.7 Å². The maximum atomic E-state index is 12.2. The second-order valence-electron chi connectivity index (χ2n) is 6.75. The quantitative estimate of drug-likeness (QED) is 0.242. The Morgan fingerprint density at radius 1 is 0.968 bits per heavy atom. The first-order valence-electron chi connectivity index (χ1n) is 10.1. The van der Waals surface area contributed by atoms with Crippen molar-refractivity contribution in [2.45, 2.75) is 52.1 Å². The third kappa shape index (κ3) is 11.9. The number of alkyl halides is 3. The van der Waals surface area contributed by atoms with Crippen LogP contribution in [-0.4, -0.2) is 32.6 Å². The lowest BCUT2D eigenvalue weighted by atomic mass is 10.1. The predicted octanol–water partition coefficient (Wildman–Crippen LogP) is 7.90. The summed E-state index contributed by atoms with van der Waals surface area (Å²) in [6.07, 6.45) is 1.52. The van der Waals surface area contributed by atoms with E-state index in [4.69, 9.17) is 49.0 Å². The lowest BCUT2D eigenvalue weighted by molar-refractivity contribution is -0.0848. The summed E-state index contributed by atoms with van der Waals surface area (Å²) in [6.45, 7) is 5.59. The van der Waals surface area contributed by atoms with Gasteiger partial charge in [-0.15, -0.1) is 0 Å². The van der Waals surface area contributed by atoms with Crippen molar-refractivity contribution in [1.29, 1.82) is 0 Å². The molecule has 0 aliphatic heterocycles. The van der Waals surface area contributed by atoms with Gasteiger partial charge in [0.15, 0.2) is 0 Å². The summed E-state index contributed by atoms with van der Waals surface area (Å²) < 4.78 is 53.8. The number of hydrogen-bond donors (Lipinski definition) is 0. The largest absolute Gasteiger partial charge is 0.493 e. The fourth-order valence-electron chi connectivity index (χ4n) is 2.71. The molecule has 0 radical (unpaired) electrons. The van der Waals surface area contributed by atoms with Crippen LogP contribution in [0.4, 0.5) is 13.2 Å². The Balaban J connectivity index is 2.29. The standard InChI is InChI=1S/C22H28Cl3F3O3/c1-3-17-15-18(30-13-9-20(24)25)14-16(2)21(17)31-12-6-4-5-10-29-11-7-8-19(23)22(26,27)28/h8-9,14-15H,3-7,10-13H2,1-2H3. The van der Waals surface area contributed by atoms with Gasteiger partial charge in [0.2, 0.25) is 0 Å². The SMILES string of the molecule is CCc1cc(OCC=C(Cl)Cl)cc(C)c1OCCCCCOCCC=C(Cl)C(F)(F)F. The number of benzene rings is 1. The van der Waals surface area contributed by atoms with Gasteiger partial charge in [0.05, 0.1) is 13.2 Å². The van der Waals surface area contributed by atoms with E-state index < -0.39 is 11.2 Å². The van der Waals surface area contributed by atoms with Gasteiger partial charge in [-0.2, -0.15) is 13.2 Å². The maximum Gasteiger partial charge on any atom is 0.426 e. The van der Waals surface area contributed by atoms with Gasteiger partial charge < -0.3 is 14.2 Å². The zero-order valence-corrected chi connectivity index (χ0v) is 19.9. The smallest absolute Gasteiger partial charge is 0.426 e. The number of hydrogen-bond acceptors (Lipinski definition) is 3. The molecule has 1 aromatic rings. The first-order valence-corrected chi connectivity index (χ1v) is 11.2. The van der Waals surface area contributed by atoms with Crippen molar-refractivity contribution in [2.75, 3.05) is 26.4 Å². The Kier molecular flexibility index (Phi) is 13.4. The van der Waals surface area contributed by atoms with Crippen LogP contribution in [0.25, 0.3) is 0 Å². The first kappa shape index (κ1) is 28.0. The zero-order valence-electron chi connectivity index (χ0n) is 17.7. The van der Waals surface area contributed by atoms with Gasteiger partial charge in [-0.3, -0.25) is 0 Å². The van der Waals surface area contributed by atoms with Crippen LogP contribution < -0.4 is 9.47 Å². The Labute approximate surface area is 197 Å². The second kappa shape index (κ2) is 14.9. The van der Waals surface area contributed by atoms with E-state index in [0.717, 1.165) is 54.4 Å². The van der Waals surface area contributed by atoms with Crippen molar-refractivity contribution in [3.8, 4) is 11.5 Å². The molecule has 1 rings (SSSR count). The first-order chi connectivity index (χ1) is 14.6. The van der Waals surface area contributed by atoms with Crippen LogP contribution in [0.15, 0.2) is 33.8 Å². The second-order valence-corrected chi connectivity index (χ2v) is 8.16. The molecule has 0 fully saturated rings. The van der Waals surface area contributed by atoms with Gasteiger partial charge in [0.25, 0.3) is 0 Å². The summed E-state index contributed by atoms with van der Waals surface area (Å²) in [4.78, 5) is 0. The molecule has 0 atom stereocenters. The Hall–Kier alpha value is -1.08. The van der Waals surface area contributed by atoms with Crippen LogP contribution in [0.2, 0.25) is 0 Å². The van der Waals surface area contributed by atoms with Gasteiger partial charge >= 0.3 is 6.18 Å². The van der Waals surface area contributed by atoms with Crippen LogP contribution in [0.3, 0.4) is 0 Å². The monoisotopic (exact) mass is 502 g/mol. The van der Waals surface area contributed by atoms with Crippen molar-refractivity contribution in [2.24, 2.45) is 0 Å². The number of ether oxygens (including phenoxy) is 3. The van der Waals surface area contributed by atoms with Crippen LogP contribution >= 0.6 is 34.8 Å². The van der Waals surface area contributed by atoms with E-state index in [1.165, 1.54) is 0 Å². The Bertz CT molecular complexity index is 731. The van der Waals surface area contributed by atoms with E-state index in [1.807, 2.05) is 19.1 Å². The summed E-state index contributed by atoms with van der Waals surface area (Å²) >= 11 is 16.3. The van der Waals surface area contributed by atoms with E-state index in [2.05, 4.69) is 6.92 Å². The van der Waals surface area contributed by atoms with E-state index in [9.17, 15) is 13.2 Å². The van der Waals surface area contributed by atoms with Crippen LogP contribution in [-0.2, 0) is 11.2 Å². The van der Waals surface area contributed by atoms with E-state index >= 15 is 0 Å². The molecule has 0 N–H and O–H groups in total. The summed E-state index contributed by atoms with van der Waals surface area (Å²) in [7, 11) is 0. The lowest BCUT2D eigenvalue weighted by Gasteiger charge is -2.15. The highest BCUT2D eigenvalue weighted by molar-refractivity contribution is 6.55. The number of aryl methyl sites for hydroxylation is 2.